The van der Waals surface area contributed by atoms with Crippen LogP contribution in [0.4, 0.5) is 11.4 Å². The number of halogens is 1. The Morgan fingerprint density at radius 1 is 0.935 bits per heavy atom. The molecular formula is C23H22ClN3O3S. The normalized spacial score (nSPS) is 10.5. The number of aryl methyl sites for hydroxylation is 3. The Kier molecular flexibility index (Phi) is 7.09. The van der Waals surface area contributed by atoms with Crippen LogP contribution in [-0.2, 0) is 4.79 Å². The predicted octanol–water partition coefficient (Wildman–Crippen LogP) is 4.95. The minimum absolute atomic E-state index is 0.189. The first-order chi connectivity index (χ1) is 14.7. The SMILES string of the molecule is Cc1cc(C)c(NC(=O)CNC(=O)c2ccc(Cl)c(NC(=O)c3cccs3)c2)c(C)c1. The molecule has 0 aliphatic heterocycles. The highest BCUT2D eigenvalue weighted by Crippen LogP contribution is 2.25. The lowest BCUT2D eigenvalue weighted by Crippen LogP contribution is -2.33. The number of thiophene rings is 1. The van der Waals surface area contributed by atoms with Crippen LogP contribution in [0.15, 0.2) is 47.8 Å². The second kappa shape index (κ2) is 9.76. The number of hydrogen-bond acceptors (Lipinski definition) is 4. The van der Waals surface area contributed by atoms with E-state index in [1.54, 1.807) is 17.5 Å². The van der Waals surface area contributed by atoms with Gasteiger partial charge in [0.05, 0.1) is 22.1 Å². The first-order valence-corrected chi connectivity index (χ1v) is 10.8. The van der Waals surface area contributed by atoms with Crippen LogP contribution in [0.3, 0.4) is 0 Å². The summed E-state index contributed by atoms with van der Waals surface area (Å²) in [5, 5.41) is 10.2. The molecule has 0 fully saturated rings. The van der Waals surface area contributed by atoms with Gasteiger partial charge in [-0.05, 0) is 61.5 Å². The maximum atomic E-state index is 12.5. The third-order valence-corrected chi connectivity index (χ3v) is 5.77. The summed E-state index contributed by atoms with van der Waals surface area (Å²) in [5.74, 6) is -1.09. The van der Waals surface area contributed by atoms with Gasteiger partial charge in [-0.1, -0.05) is 35.4 Å². The number of anilines is 2. The number of amides is 3. The molecular weight excluding hydrogens is 434 g/mol. The van der Waals surface area contributed by atoms with Gasteiger partial charge in [0, 0.05) is 11.3 Å². The summed E-state index contributed by atoms with van der Waals surface area (Å²) in [7, 11) is 0. The Labute approximate surface area is 189 Å². The van der Waals surface area contributed by atoms with Crippen molar-refractivity contribution in [2.24, 2.45) is 0 Å². The molecule has 0 spiro atoms. The topological polar surface area (TPSA) is 87.3 Å². The lowest BCUT2D eigenvalue weighted by molar-refractivity contribution is -0.115. The highest BCUT2D eigenvalue weighted by atomic mass is 35.5. The maximum absolute atomic E-state index is 12.5. The van der Waals surface area contributed by atoms with Crippen molar-refractivity contribution in [3.05, 3.63) is 80.0 Å². The lowest BCUT2D eigenvalue weighted by atomic mass is 10.1. The van der Waals surface area contributed by atoms with Crippen LogP contribution in [0.2, 0.25) is 5.02 Å². The summed E-state index contributed by atoms with van der Waals surface area (Å²) in [6, 6.07) is 12.0. The molecule has 160 valence electrons. The number of carbonyl (C=O) groups excluding carboxylic acids is 3. The van der Waals surface area contributed by atoms with Crippen LogP contribution < -0.4 is 16.0 Å². The van der Waals surface area contributed by atoms with Gasteiger partial charge in [-0.2, -0.15) is 0 Å². The molecule has 0 aliphatic rings. The van der Waals surface area contributed by atoms with E-state index in [0.29, 0.717) is 15.6 Å². The zero-order chi connectivity index (χ0) is 22.5. The van der Waals surface area contributed by atoms with Crippen molar-refractivity contribution in [2.45, 2.75) is 20.8 Å². The molecule has 0 saturated carbocycles. The smallest absolute Gasteiger partial charge is 0.265 e. The van der Waals surface area contributed by atoms with Crippen LogP contribution >= 0.6 is 22.9 Å². The monoisotopic (exact) mass is 455 g/mol. The van der Waals surface area contributed by atoms with Crippen LogP contribution in [0, 0.1) is 20.8 Å². The quantitative estimate of drug-likeness (QED) is 0.491. The first-order valence-electron chi connectivity index (χ1n) is 9.55. The third-order valence-electron chi connectivity index (χ3n) is 4.57. The molecule has 2 aromatic carbocycles. The van der Waals surface area contributed by atoms with Gasteiger partial charge in [0.25, 0.3) is 11.8 Å². The number of hydrogen-bond donors (Lipinski definition) is 3. The number of rotatable bonds is 6. The molecule has 0 aliphatic carbocycles. The zero-order valence-corrected chi connectivity index (χ0v) is 18.9. The minimum Gasteiger partial charge on any atom is -0.343 e. The van der Waals surface area contributed by atoms with E-state index < -0.39 is 5.91 Å². The summed E-state index contributed by atoms with van der Waals surface area (Å²) in [6.07, 6.45) is 0. The molecule has 0 unspecified atom stereocenters. The minimum atomic E-state index is -0.448. The fourth-order valence-electron chi connectivity index (χ4n) is 3.18. The van der Waals surface area contributed by atoms with Crippen molar-refractivity contribution in [1.29, 1.82) is 0 Å². The molecule has 3 amide bonds. The Balaban J connectivity index is 1.63. The molecule has 3 aromatic rings. The molecule has 1 aromatic heterocycles. The van der Waals surface area contributed by atoms with Gasteiger partial charge < -0.3 is 16.0 Å². The third kappa shape index (κ3) is 5.71. The molecule has 0 saturated heterocycles. The number of benzene rings is 2. The van der Waals surface area contributed by atoms with E-state index in [0.717, 1.165) is 22.4 Å². The molecule has 6 nitrogen and oxygen atoms in total. The maximum Gasteiger partial charge on any atom is 0.265 e. The van der Waals surface area contributed by atoms with Crippen LogP contribution in [0.1, 0.15) is 36.7 Å². The lowest BCUT2D eigenvalue weighted by Gasteiger charge is -2.13. The highest BCUT2D eigenvalue weighted by Gasteiger charge is 2.14. The standard InChI is InChI=1S/C23H22ClN3O3S/c1-13-9-14(2)21(15(3)10-13)27-20(28)12-25-22(29)16-6-7-17(24)18(11-16)26-23(30)19-5-4-8-31-19/h4-11H,12H2,1-3H3,(H,25,29)(H,26,30)(H,27,28). The summed E-state index contributed by atoms with van der Waals surface area (Å²) < 4.78 is 0. The Bertz CT molecular complexity index is 1120. The molecule has 3 rings (SSSR count). The van der Waals surface area contributed by atoms with Gasteiger partial charge in [-0.3, -0.25) is 14.4 Å². The molecule has 1 heterocycles. The molecule has 8 heteroatoms. The van der Waals surface area contributed by atoms with Gasteiger partial charge in [-0.25, -0.2) is 0 Å². The fraction of sp³-hybridized carbons (Fsp3) is 0.174. The van der Waals surface area contributed by atoms with E-state index in [2.05, 4.69) is 16.0 Å². The average molecular weight is 456 g/mol. The molecule has 0 bridgehead atoms. The van der Waals surface area contributed by atoms with Crippen molar-refractivity contribution in [3.63, 3.8) is 0 Å². The highest BCUT2D eigenvalue weighted by molar-refractivity contribution is 7.12. The van der Waals surface area contributed by atoms with Crippen LogP contribution in [-0.4, -0.2) is 24.3 Å². The largest absolute Gasteiger partial charge is 0.343 e. The molecule has 0 radical (unpaired) electrons. The van der Waals surface area contributed by atoms with Gasteiger partial charge in [-0.15, -0.1) is 11.3 Å². The second-order valence-corrected chi connectivity index (χ2v) is 8.49. The summed E-state index contributed by atoms with van der Waals surface area (Å²) in [5.41, 5.74) is 4.38. The van der Waals surface area contributed by atoms with Crippen molar-refractivity contribution in [3.8, 4) is 0 Å². The van der Waals surface area contributed by atoms with Gasteiger partial charge in [0.2, 0.25) is 5.91 Å². The van der Waals surface area contributed by atoms with E-state index in [1.165, 1.54) is 29.5 Å². The molecule has 31 heavy (non-hydrogen) atoms. The van der Waals surface area contributed by atoms with Crippen LogP contribution in [0.5, 0.6) is 0 Å². The first kappa shape index (κ1) is 22.5. The fourth-order valence-corrected chi connectivity index (χ4v) is 3.96. The van der Waals surface area contributed by atoms with Gasteiger partial charge in [0.15, 0.2) is 0 Å². The zero-order valence-electron chi connectivity index (χ0n) is 17.3. The van der Waals surface area contributed by atoms with Gasteiger partial charge >= 0.3 is 0 Å². The summed E-state index contributed by atoms with van der Waals surface area (Å²) in [6.45, 7) is 5.65. The van der Waals surface area contributed by atoms with E-state index >= 15 is 0 Å². The van der Waals surface area contributed by atoms with E-state index in [4.69, 9.17) is 11.6 Å². The van der Waals surface area contributed by atoms with Crippen molar-refractivity contribution in [2.75, 3.05) is 17.2 Å². The Hall–Kier alpha value is -3.16. The van der Waals surface area contributed by atoms with E-state index in [9.17, 15) is 14.4 Å². The number of nitrogens with one attached hydrogen (secondary N) is 3. The second-order valence-electron chi connectivity index (χ2n) is 7.13. The van der Waals surface area contributed by atoms with Crippen molar-refractivity contribution < 1.29 is 14.4 Å². The van der Waals surface area contributed by atoms with Crippen molar-refractivity contribution in [1.82, 2.24) is 5.32 Å². The Morgan fingerprint density at radius 3 is 2.29 bits per heavy atom. The summed E-state index contributed by atoms with van der Waals surface area (Å²) >= 11 is 7.46. The van der Waals surface area contributed by atoms with Crippen molar-refractivity contribution >= 4 is 52.0 Å². The van der Waals surface area contributed by atoms with Crippen LogP contribution in [0.25, 0.3) is 0 Å². The molecule has 0 atom stereocenters. The average Bonchev–Trinajstić information content (AvgIpc) is 3.25. The van der Waals surface area contributed by atoms with Gasteiger partial charge in [0.1, 0.15) is 0 Å². The number of carbonyl (C=O) groups is 3. The van der Waals surface area contributed by atoms with E-state index in [1.807, 2.05) is 32.9 Å². The Morgan fingerprint density at radius 2 is 1.65 bits per heavy atom. The van der Waals surface area contributed by atoms with E-state index in [-0.39, 0.29) is 23.9 Å². The summed E-state index contributed by atoms with van der Waals surface area (Å²) in [4.78, 5) is 37.6. The molecule has 3 N–H and O–H groups in total. The predicted molar refractivity (Wildman–Crippen MR) is 125 cm³/mol.